The summed E-state index contributed by atoms with van der Waals surface area (Å²) in [6.07, 6.45) is 2.96. The van der Waals surface area contributed by atoms with E-state index < -0.39 is 0 Å². The van der Waals surface area contributed by atoms with E-state index in [1.54, 1.807) is 19.0 Å². The van der Waals surface area contributed by atoms with Crippen molar-refractivity contribution >= 4 is 46.7 Å². The van der Waals surface area contributed by atoms with Crippen LogP contribution >= 0.6 is 24.0 Å². The van der Waals surface area contributed by atoms with Gasteiger partial charge in [-0.3, -0.25) is 4.79 Å². The van der Waals surface area contributed by atoms with E-state index in [4.69, 9.17) is 0 Å². The van der Waals surface area contributed by atoms with Crippen LogP contribution in [0, 0.1) is 12.8 Å². The highest BCUT2D eigenvalue weighted by atomic mass is 127. The fourth-order valence-corrected chi connectivity index (χ4v) is 2.73. The summed E-state index contributed by atoms with van der Waals surface area (Å²) in [5, 5.41) is 7.95. The molecule has 0 aliphatic rings. The second-order valence-corrected chi connectivity index (χ2v) is 7.22. The highest BCUT2D eigenvalue weighted by molar-refractivity contribution is 14.0. The Balaban J connectivity index is 0.00000364. The molecule has 0 fully saturated rings. The van der Waals surface area contributed by atoms with Gasteiger partial charge in [-0.25, -0.2) is 4.99 Å². The summed E-state index contributed by atoms with van der Waals surface area (Å²) in [6, 6.07) is 6.30. The Bertz CT molecular complexity index is 767. The molecule has 0 spiro atoms. The van der Waals surface area contributed by atoms with Crippen molar-refractivity contribution in [2.45, 2.75) is 27.2 Å². The van der Waals surface area contributed by atoms with Gasteiger partial charge < -0.3 is 20.5 Å². The minimum absolute atomic E-state index is 0. The van der Waals surface area contributed by atoms with Gasteiger partial charge in [-0.1, -0.05) is 26.0 Å². The van der Waals surface area contributed by atoms with Gasteiger partial charge >= 0.3 is 0 Å². The standard InChI is InChI=1S/C20H31N5O.HI/c1-14(2)11-23-20(24-13-18(26)25(4)5)21-10-9-16-12-22-17-8-6-7-15(3)19(16)17;/h6-8,12,14,22H,9-11,13H2,1-5H3,(H2,21,23,24);1H. The summed E-state index contributed by atoms with van der Waals surface area (Å²) < 4.78 is 0. The second kappa shape index (κ2) is 11.2. The van der Waals surface area contributed by atoms with Gasteiger partial charge in [0.2, 0.25) is 5.91 Å². The van der Waals surface area contributed by atoms with Gasteiger partial charge in [0, 0.05) is 44.3 Å². The van der Waals surface area contributed by atoms with Crippen LogP contribution in [0.25, 0.3) is 10.9 Å². The number of amides is 1. The largest absolute Gasteiger partial charge is 0.361 e. The Morgan fingerprint density at radius 3 is 2.67 bits per heavy atom. The maximum Gasteiger partial charge on any atom is 0.243 e. The molecule has 2 rings (SSSR count). The van der Waals surface area contributed by atoms with Crippen LogP contribution in [0.3, 0.4) is 0 Å². The van der Waals surface area contributed by atoms with E-state index >= 15 is 0 Å². The Hall–Kier alpha value is -1.77. The zero-order chi connectivity index (χ0) is 19.1. The van der Waals surface area contributed by atoms with Gasteiger partial charge in [-0.2, -0.15) is 0 Å². The number of carbonyl (C=O) groups is 1. The van der Waals surface area contributed by atoms with Crippen LogP contribution < -0.4 is 10.6 Å². The van der Waals surface area contributed by atoms with Gasteiger partial charge in [0.15, 0.2) is 5.96 Å². The number of nitrogens with zero attached hydrogens (tertiary/aromatic N) is 2. The first-order valence-electron chi connectivity index (χ1n) is 9.16. The number of guanidine groups is 1. The lowest BCUT2D eigenvalue weighted by Gasteiger charge is -2.15. The van der Waals surface area contributed by atoms with Crippen LogP contribution in [0.15, 0.2) is 29.4 Å². The zero-order valence-electron chi connectivity index (χ0n) is 16.9. The molecule has 0 saturated carbocycles. The summed E-state index contributed by atoms with van der Waals surface area (Å²) in [5.74, 6) is 1.18. The van der Waals surface area contributed by atoms with Crippen LogP contribution in [0.4, 0.5) is 0 Å². The molecule has 0 bridgehead atoms. The lowest BCUT2D eigenvalue weighted by molar-refractivity contribution is -0.127. The molecule has 3 N–H and O–H groups in total. The van der Waals surface area contributed by atoms with Crippen molar-refractivity contribution in [2.24, 2.45) is 10.9 Å². The molecule has 0 aliphatic carbocycles. The first-order chi connectivity index (χ1) is 12.4. The second-order valence-electron chi connectivity index (χ2n) is 7.22. The van der Waals surface area contributed by atoms with Crippen LogP contribution in [0.1, 0.15) is 25.0 Å². The van der Waals surface area contributed by atoms with Gasteiger partial charge in [-0.05, 0) is 36.5 Å². The lowest BCUT2D eigenvalue weighted by Crippen LogP contribution is -2.41. The predicted octanol–water partition coefficient (Wildman–Crippen LogP) is 2.92. The number of H-pyrrole nitrogens is 1. The number of carbonyl (C=O) groups excluding carboxylic acids is 1. The van der Waals surface area contributed by atoms with E-state index in [-0.39, 0.29) is 36.4 Å². The van der Waals surface area contributed by atoms with Crippen molar-refractivity contribution in [3.8, 4) is 0 Å². The Kier molecular flexibility index (Phi) is 9.62. The summed E-state index contributed by atoms with van der Waals surface area (Å²) >= 11 is 0. The SMILES string of the molecule is Cc1cccc2[nH]cc(CCNC(=NCC(=O)N(C)C)NCC(C)C)c12.I. The number of fused-ring (bicyclic) bond motifs is 1. The van der Waals surface area contributed by atoms with Gasteiger partial charge in [0.05, 0.1) is 0 Å². The molecule has 0 atom stereocenters. The average molecular weight is 485 g/mol. The first kappa shape index (κ1) is 23.3. The smallest absolute Gasteiger partial charge is 0.243 e. The normalized spacial score (nSPS) is 11.4. The first-order valence-corrected chi connectivity index (χ1v) is 9.16. The van der Waals surface area contributed by atoms with Crippen molar-refractivity contribution in [3.63, 3.8) is 0 Å². The molecule has 1 aromatic heterocycles. The quantitative estimate of drug-likeness (QED) is 0.321. The molecule has 7 heteroatoms. The Morgan fingerprint density at radius 1 is 1.26 bits per heavy atom. The number of hydrogen-bond acceptors (Lipinski definition) is 2. The van der Waals surface area contributed by atoms with Crippen molar-refractivity contribution in [1.29, 1.82) is 0 Å². The monoisotopic (exact) mass is 485 g/mol. The Morgan fingerprint density at radius 2 is 2.00 bits per heavy atom. The predicted molar refractivity (Wildman–Crippen MR) is 124 cm³/mol. The van der Waals surface area contributed by atoms with Crippen LogP contribution in [0.2, 0.25) is 0 Å². The van der Waals surface area contributed by atoms with E-state index in [0.717, 1.165) is 19.5 Å². The third-order valence-corrected chi connectivity index (χ3v) is 4.23. The number of benzene rings is 1. The van der Waals surface area contributed by atoms with Gasteiger partial charge in [0.25, 0.3) is 0 Å². The summed E-state index contributed by atoms with van der Waals surface area (Å²) in [5.41, 5.74) is 3.74. The number of likely N-dealkylation sites (N-methyl/N-ethyl adjacent to an activating group) is 1. The summed E-state index contributed by atoms with van der Waals surface area (Å²) in [7, 11) is 3.48. The molecule has 1 heterocycles. The summed E-state index contributed by atoms with van der Waals surface area (Å²) in [6.45, 7) is 8.13. The number of nitrogens with one attached hydrogen (secondary N) is 3. The van der Waals surface area contributed by atoms with E-state index in [1.165, 1.54) is 22.0 Å². The molecule has 1 aromatic carbocycles. The highest BCUT2D eigenvalue weighted by Gasteiger charge is 2.08. The number of aromatic nitrogens is 1. The average Bonchev–Trinajstić information content (AvgIpc) is 3.00. The fourth-order valence-electron chi connectivity index (χ4n) is 2.73. The molecule has 0 unspecified atom stereocenters. The third-order valence-electron chi connectivity index (χ3n) is 4.23. The molecular formula is C20H32IN5O. The molecule has 6 nitrogen and oxygen atoms in total. The molecule has 1 amide bonds. The lowest BCUT2D eigenvalue weighted by atomic mass is 10.1. The topological polar surface area (TPSA) is 72.5 Å². The number of aryl methyl sites for hydroxylation is 1. The van der Waals surface area contributed by atoms with Crippen LogP contribution in [-0.4, -0.2) is 55.5 Å². The molecular weight excluding hydrogens is 453 g/mol. The van der Waals surface area contributed by atoms with Crippen molar-refractivity contribution in [1.82, 2.24) is 20.5 Å². The molecule has 0 radical (unpaired) electrons. The van der Waals surface area contributed by atoms with Gasteiger partial charge in [-0.15, -0.1) is 24.0 Å². The molecule has 150 valence electrons. The molecule has 27 heavy (non-hydrogen) atoms. The number of halogens is 1. The molecule has 0 saturated heterocycles. The Labute approximate surface area is 179 Å². The van der Waals surface area contributed by atoms with E-state index in [1.807, 2.05) is 0 Å². The van der Waals surface area contributed by atoms with E-state index in [9.17, 15) is 4.79 Å². The van der Waals surface area contributed by atoms with Crippen molar-refractivity contribution < 1.29 is 4.79 Å². The van der Waals surface area contributed by atoms with E-state index in [0.29, 0.717) is 11.9 Å². The minimum atomic E-state index is -0.0112. The van der Waals surface area contributed by atoms with Crippen molar-refractivity contribution in [3.05, 3.63) is 35.5 Å². The third kappa shape index (κ3) is 7.04. The van der Waals surface area contributed by atoms with E-state index in [2.05, 4.69) is 65.8 Å². The number of rotatable bonds is 7. The summed E-state index contributed by atoms with van der Waals surface area (Å²) in [4.78, 5) is 21.1. The minimum Gasteiger partial charge on any atom is -0.361 e. The fraction of sp³-hybridized carbons (Fsp3) is 0.500. The maximum atomic E-state index is 11.8. The van der Waals surface area contributed by atoms with Crippen LogP contribution in [-0.2, 0) is 11.2 Å². The molecule has 0 aliphatic heterocycles. The number of aliphatic imine (C=N–C) groups is 1. The zero-order valence-corrected chi connectivity index (χ0v) is 19.3. The highest BCUT2D eigenvalue weighted by Crippen LogP contribution is 2.22. The molecule has 2 aromatic rings. The van der Waals surface area contributed by atoms with Crippen molar-refractivity contribution in [2.75, 3.05) is 33.7 Å². The number of aromatic amines is 1. The van der Waals surface area contributed by atoms with Gasteiger partial charge in [0.1, 0.15) is 6.54 Å². The number of hydrogen-bond donors (Lipinski definition) is 3. The van der Waals surface area contributed by atoms with Crippen LogP contribution in [0.5, 0.6) is 0 Å². The maximum absolute atomic E-state index is 11.8.